The molecule has 24 heavy (non-hydrogen) atoms. The molecule has 3 nitrogen and oxygen atoms in total. The lowest BCUT2D eigenvalue weighted by atomic mass is 10.00. The molecule has 5 heteroatoms. The lowest BCUT2D eigenvalue weighted by molar-refractivity contribution is 0.306. The van der Waals surface area contributed by atoms with E-state index in [0.29, 0.717) is 25.3 Å². The maximum atomic E-state index is 14.0. The molecule has 0 amide bonds. The molecule has 0 saturated carbocycles. The van der Waals surface area contributed by atoms with E-state index >= 15 is 0 Å². The van der Waals surface area contributed by atoms with Crippen molar-refractivity contribution >= 4 is 5.69 Å². The van der Waals surface area contributed by atoms with Crippen molar-refractivity contribution < 1.29 is 13.5 Å². The van der Waals surface area contributed by atoms with E-state index in [-0.39, 0.29) is 0 Å². The number of ether oxygens (including phenoxy) is 1. The van der Waals surface area contributed by atoms with Crippen LogP contribution in [-0.4, -0.2) is 26.2 Å². The van der Waals surface area contributed by atoms with Crippen LogP contribution in [0.2, 0.25) is 0 Å². The third-order valence-electron chi connectivity index (χ3n) is 4.76. The van der Waals surface area contributed by atoms with E-state index in [4.69, 9.17) is 4.74 Å². The largest absolute Gasteiger partial charge is 0.490 e. The van der Waals surface area contributed by atoms with Gasteiger partial charge >= 0.3 is 0 Å². The van der Waals surface area contributed by atoms with Crippen molar-refractivity contribution in [2.75, 3.05) is 31.1 Å². The molecule has 2 aromatic rings. The maximum Gasteiger partial charge on any atom is 0.142 e. The van der Waals surface area contributed by atoms with Crippen molar-refractivity contribution in [3.05, 3.63) is 58.7 Å². The quantitative estimate of drug-likeness (QED) is 0.916. The number of rotatable bonds is 2. The first-order chi connectivity index (χ1) is 11.7. The van der Waals surface area contributed by atoms with Crippen molar-refractivity contribution in [1.29, 1.82) is 0 Å². The van der Waals surface area contributed by atoms with Gasteiger partial charge in [0, 0.05) is 18.2 Å². The highest BCUT2D eigenvalue weighted by Gasteiger charge is 2.22. The van der Waals surface area contributed by atoms with Gasteiger partial charge in [-0.2, -0.15) is 0 Å². The minimum atomic E-state index is -0.545. The Labute approximate surface area is 140 Å². The fraction of sp³-hybridized carbons (Fsp3) is 0.368. The van der Waals surface area contributed by atoms with E-state index in [9.17, 15) is 8.78 Å². The van der Waals surface area contributed by atoms with Gasteiger partial charge in [-0.1, -0.05) is 6.07 Å². The Morgan fingerprint density at radius 3 is 2.62 bits per heavy atom. The van der Waals surface area contributed by atoms with Crippen LogP contribution in [0.15, 0.2) is 30.3 Å². The second-order valence-corrected chi connectivity index (χ2v) is 6.34. The molecule has 0 atom stereocenters. The molecule has 0 fully saturated rings. The van der Waals surface area contributed by atoms with Crippen LogP contribution >= 0.6 is 0 Å². The Hall–Kier alpha value is -2.14. The zero-order valence-corrected chi connectivity index (χ0v) is 13.4. The minimum Gasteiger partial charge on any atom is -0.490 e. The molecule has 126 valence electrons. The molecule has 2 aliphatic rings. The minimum absolute atomic E-state index is 0.416. The SMILES string of the molecule is Fc1ccc(CN2CCOc3cc4c(cc32)CCNCC4)c(F)c1. The third-order valence-corrected chi connectivity index (χ3v) is 4.76. The number of nitrogens with zero attached hydrogens (tertiary/aromatic N) is 1. The van der Waals surface area contributed by atoms with Gasteiger partial charge in [-0.05, 0) is 55.3 Å². The van der Waals surface area contributed by atoms with Crippen LogP contribution in [0, 0.1) is 11.6 Å². The van der Waals surface area contributed by atoms with Crippen molar-refractivity contribution in [2.24, 2.45) is 0 Å². The highest BCUT2D eigenvalue weighted by molar-refractivity contribution is 5.63. The molecule has 1 N–H and O–H groups in total. The number of halogens is 2. The van der Waals surface area contributed by atoms with Crippen LogP contribution < -0.4 is 15.0 Å². The molecule has 0 aromatic heterocycles. The Morgan fingerprint density at radius 2 is 1.83 bits per heavy atom. The number of nitrogens with one attached hydrogen (secondary N) is 1. The molecular formula is C19H20F2N2O. The lowest BCUT2D eigenvalue weighted by Gasteiger charge is -2.32. The zero-order valence-electron chi connectivity index (χ0n) is 13.4. The molecule has 0 bridgehead atoms. The smallest absolute Gasteiger partial charge is 0.142 e. The summed E-state index contributed by atoms with van der Waals surface area (Å²) in [6.45, 7) is 3.64. The summed E-state index contributed by atoms with van der Waals surface area (Å²) in [5.74, 6) is -0.178. The van der Waals surface area contributed by atoms with Crippen molar-refractivity contribution in [3.63, 3.8) is 0 Å². The van der Waals surface area contributed by atoms with Gasteiger partial charge in [0.15, 0.2) is 0 Å². The Kier molecular flexibility index (Phi) is 4.10. The van der Waals surface area contributed by atoms with Crippen LogP contribution in [0.4, 0.5) is 14.5 Å². The number of hydrogen-bond acceptors (Lipinski definition) is 3. The highest BCUT2D eigenvalue weighted by atomic mass is 19.1. The van der Waals surface area contributed by atoms with Gasteiger partial charge in [-0.15, -0.1) is 0 Å². The van der Waals surface area contributed by atoms with E-state index in [0.717, 1.165) is 43.4 Å². The van der Waals surface area contributed by atoms with Gasteiger partial charge in [0.25, 0.3) is 0 Å². The fourth-order valence-electron chi connectivity index (χ4n) is 3.46. The maximum absolute atomic E-state index is 14.0. The van der Waals surface area contributed by atoms with E-state index < -0.39 is 11.6 Å². The molecule has 2 aromatic carbocycles. The summed E-state index contributed by atoms with van der Waals surface area (Å²) < 4.78 is 32.9. The topological polar surface area (TPSA) is 24.5 Å². The van der Waals surface area contributed by atoms with Gasteiger partial charge < -0.3 is 15.0 Å². The molecule has 0 spiro atoms. The van der Waals surface area contributed by atoms with Gasteiger partial charge in [0.2, 0.25) is 0 Å². The van der Waals surface area contributed by atoms with Gasteiger partial charge in [-0.3, -0.25) is 0 Å². The summed E-state index contributed by atoms with van der Waals surface area (Å²) in [7, 11) is 0. The summed E-state index contributed by atoms with van der Waals surface area (Å²) in [4.78, 5) is 2.12. The molecule has 4 rings (SSSR count). The second-order valence-electron chi connectivity index (χ2n) is 6.34. The number of fused-ring (bicyclic) bond motifs is 2. The summed E-state index contributed by atoms with van der Waals surface area (Å²) in [6.07, 6.45) is 1.99. The van der Waals surface area contributed by atoms with E-state index in [1.165, 1.54) is 23.3 Å². The van der Waals surface area contributed by atoms with Gasteiger partial charge in [0.1, 0.15) is 24.0 Å². The molecule has 2 heterocycles. The monoisotopic (exact) mass is 330 g/mol. The third kappa shape index (κ3) is 2.96. The van der Waals surface area contributed by atoms with E-state index in [1.807, 2.05) is 0 Å². The van der Waals surface area contributed by atoms with Crippen LogP contribution in [-0.2, 0) is 19.4 Å². The van der Waals surface area contributed by atoms with Gasteiger partial charge in [0.05, 0.1) is 12.2 Å². The van der Waals surface area contributed by atoms with Crippen LogP contribution in [0.1, 0.15) is 16.7 Å². The Balaban J connectivity index is 1.66. The average Bonchev–Trinajstić information content (AvgIpc) is 2.80. The normalized spacial score (nSPS) is 16.8. The average molecular weight is 330 g/mol. The summed E-state index contributed by atoms with van der Waals surface area (Å²) in [6, 6.07) is 8.08. The first kappa shape index (κ1) is 15.4. The first-order valence-electron chi connectivity index (χ1n) is 8.39. The molecule has 0 aliphatic carbocycles. The second kappa shape index (κ2) is 6.40. The van der Waals surface area contributed by atoms with Crippen molar-refractivity contribution in [1.82, 2.24) is 5.32 Å². The van der Waals surface area contributed by atoms with Crippen LogP contribution in [0.3, 0.4) is 0 Å². The van der Waals surface area contributed by atoms with Crippen molar-refractivity contribution in [3.8, 4) is 5.75 Å². The Bertz CT molecular complexity index is 763. The molecule has 0 saturated heterocycles. The molecule has 0 radical (unpaired) electrons. The van der Waals surface area contributed by atoms with Crippen LogP contribution in [0.5, 0.6) is 5.75 Å². The highest BCUT2D eigenvalue weighted by Crippen LogP contribution is 2.36. The standard InChI is InChI=1S/C19H20F2N2O/c20-16-2-1-15(17(21)11-16)12-23-7-8-24-19-10-14-4-6-22-5-3-13(14)9-18(19)23/h1-2,9-11,22H,3-8,12H2. The first-order valence-corrected chi connectivity index (χ1v) is 8.39. The number of benzene rings is 2. The van der Waals surface area contributed by atoms with Crippen LogP contribution in [0.25, 0.3) is 0 Å². The number of anilines is 1. The van der Waals surface area contributed by atoms with E-state index in [1.54, 1.807) is 0 Å². The van der Waals surface area contributed by atoms with Crippen molar-refractivity contribution in [2.45, 2.75) is 19.4 Å². The number of hydrogen-bond donors (Lipinski definition) is 1. The van der Waals surface area contributed by atoms with Gasteiger partial charge in [-0.25, -0.2) is 8.78 Å². The summed E-state index contributed by atoms with van der Waals surface area (Å²) in [5, 5.41) is 3.41. The lowest BCUT2D eigenvalue weighted by Crippen LogP contribution is -2.32. The summed E-state index contributed by atoms with van der Waals surface area (Å²) in [5.41, 5.74) is 4.16. The fourth-order valence-corrected chi connectivity index (χ4v) is 3.46. The summed E-state index contributed by atoms with van der Waals surface area (Å²) >= 11 is 0. The predicted octanol–water partition coefficient (Wildman–Crippen LogP) is 3.05. The van der Waals surface area contributed by atoms with E-state index in [2.05, 4.69) is 22.3 Å². The predicted molar refractivity (Wildman–Crippen MR) is 89.6 cm³/mol. The Morgan fingerprint density at radius 1 is 1.04 bits per heavy atom. The molecule has 2 aliphatic heterocycles. The molecular weight excluding hydrogens is 310 g/mol. The zero-order chi connectivity index (χ0) is 16.5. The molecule has 0 unspecified atom stereocenters.